The number of rotatable bonds is 8. The van der Waals surface area contributed by atoms with E-state index < -0.39 is 18.4 Å². The zero-order valence-electron chi connectivity index (χ0n) is 12.4. The van der Waals surface area contributed by atoms with Gasteiger partial charge in [-0.3, -0.25) is 4.79 Å². The summed E-state index contributed by atoms with van der Waals surface area (Å²) in [7, 11) is 5.51. The van der Waals surface area contributed by atoms with Gasteiger partial charge in [0.25, 0.3) is 5.91 Å². The smallest absolute Gasteiger partial charge is 0.251 e. The van der Waals surface area contributed by atoms with Gasteiger partial charge in [-0.05, 0) is 18.2 Å². The molecule has 1 rings (SSSR count). The largest absolute Gasteiger partial charge is 0.548 e. The van der Waals surface area contributed by atoms with Crippen LogP contribution in [-0.2, 0) is 4.79 Å². The molecule has 1 aromatic carbocycles. The standard InChI is InChI=1S/C14H20N2O5/c1-16(2)6-7-21-11-5-4-10(8-12(11)20-3)14(19)15-9-13(17)18/h4-5,8H,6-7,9H2,1-3H3,(H,15,19)(H,17,18). The van der Waals surface area contributed by atoms with Crippen LogP contribution in [0.25, 0.3) is 0 Å². The molecule has 2 N–H and O–H groups in total. The molecule has 0 atom stereocenters. The molecule has 0 fully saturated rings. The summed E-state index contributed by atoms with van der Waals surface area (Å²) in [6.07, 6.45) is 0. The number of quaternary nitrogens is 1. The minimum Gasteiger partial charge on any atom is -0.548 e. The molecule has 7 nitrogen and oxygen atoms in total. The first kappa shape index (κ1) is 16.8. The maximum Gasteiger partial charge on any atom is 0.251 e. The zero-order valence-corrected chi connectivity index (χ0v) is 12.4. The van der Waals surface area contributed by atoms with Crippen molar-refractivity contribution in [3.63, 3.8) is 0 Å². The van der Waals surface area contributed by atoms with Crippen molar-refractivity contribution in [2.45, 2.75) is 0 Å². The molecule has 0 saturated heterocycles. The van der Waals surface area contributed by atoms with E-state index in [2.05, 4.69) is 5.32 Å². The zero-order chi connectivity index (χ0) is 15.8. The highest BCUT2D eigenvalue weighted by Crippen LogP contribution is 2.27. The topological polar surface area (TPSA) is 92.1 Å². The van der Waals surface area contributed by atoms with Crippen molar-refractivity contribution in [2.24, 2.45) is 0 Å². The first-order valence-electron chi connectivity index (χ1n) is 6.52. The second-order valence-electron chi connectivity index (χ2n) is 4.73. The fraction of sp³-hybridized carbons (Fsp3) is 0.429. The Bertz CT molecular complexity index is 502. The molecule has 7 heteroatoms. The monoisotopic (exact) mass is 296 g/mol. The molecule has 0 aliphatic heterocycles. The SMILES string of the molecule is COc1cc(C(=O)NCC(=O)[O-])ccc1OCC[NH+](C)C. The number of aliphatic carboxylic acids is 1. The number of hydrogen-bond donors (Lipinski definition) is 2. The lowest BCUT2D eigenvalue weighted by Crippen LogP contribution is -3.06. The summed E-state index contributed by atoms with van der Waals surface area (Å²) in [4.78, 5) is 23.3. The van der Waals surface area contributed by atoms with Gasteiger partial charge in [0.05, 0.1) is 33.7 Å². The maximum absolute atomic E-state index is 11.7. The number of carboxylic acid groups (broad SMARTS) is 1. The van der Waals surface area contributed by atoms with E-state index in [0.717, 1.165) is 6.54 Å². The molecule has 1 aromatic rings. The lowest BCUT2D eigenvalue weighted by Gasteiger charge is -2.13. The molecule has 21 heavy (non-hydrogen) atoms. The lowest BCUT2D eigenvalue weighted by atomic mass is 10.2. The van der Waals surface area contributed by atoms with Crippen LogP contribution in [0, 0.1) is 0 Å². The number of amides is 1. The van der Waals surface area contributed by atoms with Crippen molar-refractivity contribution in [3.05, 3.63) is 23.8 Å². The lowest BCUT2D eigenvalue weighted by molar-refractivity contribution is -0.858. The molecule has 0 bridgehead atoms. The third-order valence-corrected chi connectivity index (χ3v) is 2.68. The highest BCUT2D eigenvalue weighted by molar-refractivity contribution is 5.96. The van der Waals surface area contributed by atoms with Gasteiger partial charge in [-0.1, -0.05) is 0 Å². The first-order chi connectivity index (χ1) is 9.93. The van der Waals surface area contributed by atoms with E-state index in [1.807, 2.05) is 14.1 Å². The van der Waals surface area contributed by atoms with Crippen molar-refractivity contribution in [3.8, 4) is 11.5 Å². The average Bonchev–Trinajstić information content (AvgIpc) is 2.44. The summed E-state index contributed by atoms with van der Waals surface area (Å²) in [5, 5.41) is 12.5. The third-order valence-electron chi connectivity index (χ3n) is 2.68. The van der Waals surface area contributed by atoms with Crippen LogP contribution in [0.3, 0.4) is 0 Å². The van der Waals surface area contributed by atoms with Crippen molar-refractivity contribution in [1.82, 2.24) is 5.32 Å². The Morgan fingerprint density at radius 3 is 2.57 bits per heavy atom. The number of nitrogens with one attached hydrogen (secondary N) is 2. The van der Waals surface area contributed by atoms with Gasteiger partial charge in [0.1, 0.15) is 13.2 Å². The first-order valence-corrected chi connectivity index (χ1v) is 6.52. The van der Waals surface area contributed by atoms with Crippen LogP contribution in [0.4, 0.5) is 0 Å². The normalized spacial score (nSPS) is 10.3. The van der Waals surface area contributed by atoms with Crippen LogP contribution in [0.2, 0.25) is 0 Å². The number of methoxy groups -OCH3 is 1. The van der Waals surface area contributed by atoms with Crippen molar-refractivity contribution in [1.29, 1.82) is 0 Å². The molecule has 1 amide bonds. The van der Waals surface area contributed by atoms with Crippen LogP contribution in [0.5, 0.6) is 11.5 Å². The van der Waals surface area contributed by atoms with Crippen molar-refractivity contribution in [2.75, 3.05) is 40.9 Å². The Labute approximate surface area is 123 Å². The van der Waals surface area contributed by atoms with Crippen molar-refractivity contribution < 1.29 is 29.1 Å². The Kier molecular flexibility index (Phi) is 6.48. The minimum absolute atomic E-state index is 0.290. The fourth-order valence-corrected chi connectivity index (χ4v) is 1.55. The van der Waals surface area contributed by atoms with Gasteiger partial charge in [-0.2, -0.15) is 0 Å². The van der Waals surface area contributed by atoms with Crippen LogP contribution >= 0.6 is 0 Å². The van der Waals surface area contributed by atoms with Gasteiger partial charge in [-0.15, -0.1) is 0 Å². The molecule has 0 saturated carbocycles. The Morgan fingerprint density at radius 2 is 2.00 bits per heavy atom. The molecule has 0 radical (unpaired) electrons. The number of carboxylic acids is 1. The molecule has 0 aliphatic carbocycles. The minimum atomic E-state index is -1.35. The highest BCUT2D eigenvalue weighted by atomic mass is 16.5. The highest BCUT2D eigenvalue weighted by Gasteiger charge is 2.11. The Hall–Kier alpha value is -2.28. The number of benzene rings is 1. The van der Waals surface area contributed by atoms with E-state index in [1.54, 1.807) is 12.1 Å². The van der Waals surface area contributed by atoms with Crippen LogP contribution in [0.1, 0.15) is 10.4 Å². The summed E-state index contributed by atoms with van der Waals surface area (Å²) in [6.45, 7) is 0.816. The second kappa shape index (κ2) is 8.11. The number of hydrogen-bond acceptors (Lipinski definition) is 5. The summed E-state index contributed by atoms with van der Waals surface area (Å²) in [5.41, 5.74) is 0.290. The van der Waals surface area contributed by atoms with E-state index in [9.17, 15) is 14.7 Å². The van der Waals surface area contributed by atoms with Gasteiger partial charge >= 0.3 is 0 Å². The van der Waals surface area contributed by atoms with Crippen LogP contribution in [0.15, 0.2) is 18.2 Å². The maximum atomic E-state index is 11.7. The summed E-state index contributed by atoms with van der Waals surface area (Å²) >= 11 is 0. The van der Waals surface area contributed by atoms with Crippen LogP contribution in [-0.4, -0.2) is 52.8 Å². The average molecular weight is 296 g/mol. The van der Waals surface area contributed by atoms with Crippen LogP contribution < -0.4 is 24.8 Å². The van der Waals surface area contributed by atoms with E-state index in [1.165, 1.54) is 18.1 Å². The molecule has 0 heterocycles. The van der Waals surface area contributed by atoms with Crippen molar-refractivity contribution >= 4 is 11.9 Å². The second-order valence-corrected chi connectivity index (χ2v) is 4.73. The van der Waals surface area contributed by atoms with Gasteiger partial charge < -0.3 is 29.6 Å². The Balaban J connectivity index is 2.73. The number of likely N-dealkylation sites (N-methyl/N-ethyl adjacent to an activating group) is 1. The van der Waals surface area contributed by atoms with E-state index in [4.69, 9.17) is 9.47 Å². The predicted octanol–water partition coefficient (Wildman–Crippen LogP) is -2.30. The predicted molar refractivity (Wildman–Crippen MR) is 73.5 cm³/mol. The molecule has 0 aromatic heterocycles. The Morgan fingerprint density at radius 1 is 1.29 bits per heavy atom. The summed E-state index contributed by atoms with van der Waals surface area (Å²) < 4.78 is 10.8. The summed E-state index contributed by atoms with van der Waals surface area (Å²) in [6, 6.07) is 4.67. The van der Waals surface area contributed by atoms with Gasteiger partial charge in [0.2, 0.25) is 0 Å². The molecular weight excluding hydrogens is 276 g/mol. The molecule has 0 aliphatic rings. The van der Waals surface area contributed by atoms with E-state index >= 15 is 0 Å². The molecular formula is C14H20N2O5. The van der Waals surface area contributed by atoms with E-state index in [0.29, 0.717) is 23.7 Å². The van der Waals surface area contributed by atoms with E-state index in [-0.39, 0.29) is 0 Å². The third kappa shape index (κ3) is 5.70. The molecule has 0 spiro atoms. The molecule has 116 valence electrons. The summed E-state index contributed by atoms with van der Waals surface area (Å²) in [5.74, 6) is -0.900. The molecule has 0 unspecified atom stereocenters. The van der Waals surface area contributed by atoms with Gasteiger partial charge in [-0.25, -0.2) is 0 Å². The number of carbonyl (C=O) groups excluding carboxylic acids is 2. The van der Waals surface area contributed by atoms with Gasteiger partial charge in [0, 0.05) is 5.56 Å². The number of ether oxygens (including phenoxy) is 2. The quantitative estimate of drug-likeness (QED) is 0.563. The number of carbonyl (C=O) groups is 2. The van der Waals surface area contributed by atoms with Gasteiger partial charge in [0.15, 0.2) is 11.5 Å². The fourth-order valence-electron chi connectivity index (χ4n) is 1.55.